The van der Waals surface area contributed by atoms with Crippen molar-refractivity contribution >= 4 is 7.14 Å². The summed E-state index contributed by atoms with van der Waals surface area (Å²) in [5.41, 5.74) is -0.596. The average molecular weight is 306 g/mol. The first-order valence-corrected chi connectivity index (χ1v) is 9.53. The third-order valence-corrected chi connectivity index (χ3v) is 8.47. The molecule has 0 aliphatic heterocycles. The first-order valence-electron chi connectivity index (χ1n) is 7.45. The number of aliphatic hydroxyl groups is 2. The molecule has 4 heteroatoms. The molecule has 0 aliphatic carbocycles. The largest absolute Gasteiger partial charge is 0.392 e. The number of hydrogen-bond acceptors (Lipinski definition) is 3. The van der Waals surface area contributed by atoms with Crippen LogP contribution in [0.3, 0.4) is 0 Å². The molecule has 0 radical (unpaired) electrons. The van der Waals surface area contributed by atoms with Gasteiger partial charge >= 0.3 is 0 Å². The molecule has 0 saturated carbocycles. The van der Waals surface area contributed by atoms with E-state index in [9.17, 15) is 14.8 Å². The summed E-state index contributed by atoms with van der Waals surface area (Å²) in [6.07, 6.45) is -0.709. The Kier molecular flexibility index (Phi) is 6.15. The molecule has 2 N–H and O–H groups in total. The van der Waals surface area contributed by atoms with E-state index in [-0.39, 0.29) is 23.2 Å². The van der Waals surface area contributed by atoms with Crippen LogP contribution in [-0.4, -0.2) is 39.9 Å². The van der Waals surface area contributed by atoms with Gasteiger partial charge in [-0.2, -0.15) is 0 Å². The topological polar surface area (TPSA) is 57.5 Å². The van der Waals surface area contributed by atoms with E-state index in [0.29, 0.717) is 0 Å². The van der Waals surface area contributed by atoms with Crippen LogP contribution in [0.4, 0.5) is 0 Å². The fourth-order valence-electron chi connectivity index (χ4n) is 1.73. The van der Waals surface area contributed by atoms with Crippen molar-refractivity contribution in [2.45, 2.75) is 79.7 Å². The monoisotopic (exact) mass is 306 g/mol. The summed E-state index contributed by atoms with van der Waals surface area (Å²) < 4.78 is 13.4. The Bertz CT molecular complexity index is 329. The van der Waals surface area contributed by atoms with Crippen LogP contribution in [0.15, 0.2) is 0 Å². The summed E-state index contributed by atoms with van der Waals surface area (Å²) in [7, 11) is -2.71. The standard InChI is InChI=1S/C16H35O3P/c1-14(2,3)12(17)10-20(19,16(7,8)9)11-13(18)15(4,5)6/h12-13,17-18H,10-11H2,1-9H3. The van der Waals surface area contributed by atoms with Crippen LogP contribution < -0.4 is 0 Å². The van der Waals surface area contributed by atoms with Gasteiger partial charge in [-0.25, -0.2) is 0 Å². The zero-order chi connectivity index (χ0) is 16.6. The van der Waals surface area contributed by atoms with Gasteiger partial charge in [0.15, 0.2) is 0 Å². The summed E-state index contributed by atoms with van der Waals surface area (Å²) >= 11 is 0. The first-order chi connectivity index (χ1) is 8.51. The lowest BCUT2D eigenvalue weighted by molar-refractivity contribution is 0.0748. The van der Waals surface area contributed by atoms with E-state index in [1.165, 1.54) is 0 Å². The van der Waals surface area contributed by atoms with Crippen LogP contribution in [0.25, 0.3) is 0 Å². The minimum atomic E-state index is -2.71. The van der Waals surface area contributed by atoms with Gasteiger partial charge in [-0.05, 0) is 10.8 Å². The Morgan fingerprint density at radius 2 is 1.00 bits per heavy atom. The predicted octanol–water partition coefficient (Wildman–Crippen LogP) is 3.96. The van der Waals surface area contributed by atoms with E-state index in [0.717, 1.165) is 0 Å². The van der Waals surface area contributed by atoms with Gasteiger partial charge in [0.25, 0.3) is 0 Å². The van der Waals surface area contributed by atoms with Gasteiger partial charge in [0.1, 0.15) is 0 Å². The summed E-state index contributed by atoms with van der Waals surface area (Å²) in [6.45, 7) is 17.5. The minimum Gasteiger partial charge on any atom is -0.392 e. The molecule has 0 amide bonds. The first kappa shape index (κ1) is 20.1. The second-order valence-corrected chi connectivity index (χ2v) is 13.0. The van der Waals surface area contributed by atoms with Crippen molar-refractivity contribution < 1.29 is 14.8 Å². The highest BCUT2D eigenvalue weighted by Crippen LogP contribution is 2.60. The molecule has 0 saturated heterocycles. The maximum Gasteiger partial charge on any atom is 0.0978 e. The second kappa shape index (κ2) is 6.10. The summed E-state index contributed by atoms with van der Waals surface area (Å²) in [5.74, 6) is 0. The minimum absolute atomic E-state index is 0.271. The van der Waals surface area contributed by atoms with Crippen molar-refractivity contribution in [3.05, 3.63) is 0 Å². The van der Waals surface area contributed by atoms with Crippen molar-refractivity contribution in [3.63, 3.8) is 0 Å². The smallest absolute Gasteiger partial charge is 0.0978 e. The fourth-order valence-corrected chi connectivity index (χ4v) is 5.19. The summed E-state index contributed by atoms with van der Waals surface area (Å²) in [4.78, 5) is 0. The Morgan fingerprint density at radius 3 is 1.15 bits per heavy atom. The molecule has 0 aliphatic rings. The zero-order valence-corrected chi connectivity index (χ0v) is 15.7. The van der Waals surface area contributed by atoms with E-state index in [4.69, 9.17) is 0 Å². The molecule has 0 aromatic heterocycles. The van der Waals surface area contributed by atoms with Crippen molar-refractivity contribution in [3.8, 4) is 0 Å². The Labute approximate surface area is 125 Å². The maximum atomic E-state index is 13.4. The number of rotatable bonds is 4. The maximum absolute atomic E-state index is 13.4. The SMILES string of the molecule is CC(C)(C)C(O)CP(=O)(CC(O)C(C)(C)C)C(C)(C)C. The number of aliphatic hydroxyl groups excluding tert-OH is 2. The average Bonchev–Trinajstić information content (AvgIpc) is 2.12. The van der Waals surface area contributed by atoms with Gasteiger partial charge in [-0.1, -0.05) is 62.3 Å². The molecular formula is C16H35O3P. The van der Waals surface area contributed by atoms with Gasteiger partial charge in [0, 0.05) is 17.5 Å². The molecule has 20 heavy (non-hydrogen) atoms. The molecule has 2 atom stereocenters. The van der Waals surface area contributed by atoms with Gasteiger partial charge < -0.3 is 14.8 Å². The van der Waals surface area contributed by atoms with Crippen LogP contribution in [0.1, 0.15) is 62.3 Å². The van der Waals surface area contributed by atoms with Gasteiger partial charge in [0.05, 0.1) is 19.3 Å². The molecule has 0 aromatic carbocycles. The molecule has 0 rings (SSSR count). The van der Waals surface area contributed by atoms with Crippen molar-refractivity contribution in [2.24, 2.45) is 10.8 Å². The predicted molar refractivity (Wildman–Crippen MR) is 88.0 cm³/mol. The van der Waals surface area contributed by atoms with E-state index in [2.05, 4.69) is 0 Å². The third kappa shape index (κ3) is 5.50. The van der Waals surface area contributed by atoms with Crippen LogP contribution in [0, 0.1) is 10.8 Å². The molecule has 0 bridgehead atoms. The summed E-state index contributed by atoms with van der Waals surface area (Å²) in [6, 6.07) is 0. The van der Waals surface area contributed by atoms with Crippen molar-refractivity contribution in [2.75, 3.05) is 12.3 Å². The van der Waals surface area contributed by atoms with Crippen LogP contribution in [0.2, 0.25) is 0 Å². The third-order valence-electron chi connectivity index (χ3n) is 4.16. The van der Waals surface area contributed by atoms with Crippen LogP contribution in [-0.2, 0) is 4.57 Å². The Morgan fingerprint density at radius 1 is 0.750 bits per heavy atom. The summed E-state index contributed by atoms with van der Waals surface area (Å²) in [5, 5.41) is 20.3. The lowest BCUT2D eigenvalue weighted by atomic mass is 9.90. The van der Waals surface area contributed by atoms with E-state index < -0.39 is 24.5 Å². The van der Waals surface area contributed by atoms with E-state index in [1.54, 1.807) is 0 Å². The van der Waals surface area contributed by atoms with Gasteiger partial charge in [-0.3, -0.25) is 0 Å². The van der Waals surface area contributed by atoms with E-state index >= 15 is 0 Å². The fraction of sp³-hybridized carbons (Fsp3) is 1.00. The Balaban J connectivity index is 5.31. The molecule has 0 fully saturated rings. The van der Waals surface area contributed by atoms with Gasteiger partial charge in [-0.15, -0.1) is 0 Å². The quantitative estimate of drug-likeness (QED) is 0.773. The van der Waals surface area contributed by atoms with E-state index in [1.807, 2.05) is 62.3 Å². The van der Waals surface area contributed by atoms with Crippen LogP contribution >= 0.6 is 7.14 Å². The zero-order valence-electron chi connectivity index (χ0n) is 14.8. The molecule has 0 heterocycles. The molecule has 3 nitrogen and oxygen atoms in total. The molecule has 0 spiro atoms. The second-order valence-electron chi connectivity index (χ2n) is 9.19. The van der Waals surface area contributed by atoms with Gasteiger partial charge in [0.2, 0.25) is 0 Å². The molecular weight excluding hydrogens is 271 g/mol. The lowest BCUT2D eigenvalue weighted by Gasteiger charge is -2.39. The number of hydrogen-bond donors (Lipinski definition) is 2. The molecule has 122 valence electrons. The lowest BCUT2D eigenvalue weighted by Crippen LogP contribution is -2.38. The molecule has 2 unspecified atom stereocenters. The highest BCUT2D eigenvalue weighted by Gasteiger charge is 2.43. The normalized spacial score (nSPS) is 20.4. The van der Waals surface area contributed by atoms with Crippen molar-refractivity contribution in [1.29, 1.82) is 0 Å². The Hall–Kier alpha value is 0.150. The van der Waals surface area contributed by atoms with Crippen molar-refractivity contribution in [1.82, 2.24) is 0 Å². The van der Waals surface area contributed by atoms with Crippen LogP contribution in [0.5, 0.6) is 0 Å². The highest BCUT2D eigenvalue weighted by atomic mass is 31.2. The molecule has 0 aromatic rings. The highest BCUT2D eigenvalue weighted by molar-refractivity contribution is 7.65.